The van der Waals surface area contributed by atoms with Crippen molar-refractivity contribution in [1.29, 1.82) is 0 Å². The summed E-state index contributed by atoms with van der Waals surface area (Å²) in [4.78, 5) is 1.47. The average molecular weight is 288 g/mol. The Hall–Kier alpha value is 0.140. The van der Waals surface area contributed by atoms with Crippen molar-refractivity contribution in [2.45, 2.75) is 44.6 Å². The molecule has 0 aromatic carbocycles. The predicted octanol–water partition coefficient (Wildman–Crippen LogP) is 3.96. The lowest BCUT2D eigenvalue weighted by Crippen LogP contribution is -2.30. The van der Waals surface area contributed by atoms with E-state index < -0.39 is 0 Å². The fourth-order valence-electron chi connectivity index (χ4n) is 2.38. The lowest BCUT2D eigenvalue weighted by Gasteiger charge is -2.20. The van der Waals surface area contributed by atoms with Crippen LogP contribution in [0.4, 0.5) is 0 Å². The largest absolute Gasteiger partial charge is 0.327 e. The van der Waals surface area contributed by atoms with Crippen molar-refractivity contribution in [3.05, 3.63) is 20.8 Å². The van der Waals surface area contributed by atoms with Gasteiger partial charge in [0.05, 0.1) is 0 Å². The van der Waals surface area contributed by atoms with Crippen LogP contribution in [0.2, 0.25) is 0 Å². The van der Waals surface area contributed by atoms with Crippen LogP contribution in [0.5, 0.6) is 0 Å². The number of halogens is 1. The van der Waals surface area contributed by atoms with Crippen molar-refractivity contribution in [3.63, 3.8) is 0 Å². The zero-order chi connectivity index (χ0) is 10.7. The molecule has 2 rings (SSSR count). The van der Waals surface area contributed by atoms with Crippen molar-refractivity contribution < 1.29 is 0 Å². The molecule has 1 aromatic heterocycles. The molecule has 15 heavy (non-hydrogen) atoms. The highest BCUT2D eigenvalue weighted by atomic mass is 79.9. The Morgan fingerprint density at radius 1 is 1.33 bits per heavy atom. The summed E-state index contributed by atoms with van der Waals surface area (Å²) >= 11 is 5.45. The third kappa shape index (κ3) is 3.05. The third-order valence-electron chi connectivity index (χ3n) is 3.36. The van der Waals surface area contributed by atoms with E-state index in [0.29, 0.717) is 12.0 Å². The van der Waals surface area contributed by atoms with Crippen LogP contribution in [0.15, 0.2) is 15.9 Å². The van der Waals surface area contributed by atoms with E-state index in [0.717, 1.165) is 0 Å². The molecule has 1 saturated carbocycles. The van der Waals surface area contributed by atoms with Crippen LogP contribution in [0.1, 0.15) is 37.0 Å². The topological polar surface area (TPSA) is 26.0 Å². The number of rotatable bonds is 2. The van der Waals surface area contributed by atoms with Crippen LogP contribution in [0.3, 0.4) is 0 Å². The summed E-state index contributed by atoms with van der Waals surface area (Å²) in [5.41, 5.74) is 6.23. The Morgan fingerprint density at radius 2 is 2.13 bits per heavy atom. The molecule has 1 heterocycles. The lowest BCUT2D eigenvalue weighted by molar-refractivity contribution is 0.397. The molecule has 0 aliphatic heterocycles. The molecule has 84 valence electrons. The van der Waals surface area contributed by atoms with Crippen LogP contribution in [0, 0.1) is 5.92 Å². The van der Waals surface area contributed by atoms with Crippen LogP contribution in [-0.2, 0) is 6.42 Å². The SMILES string of the molecule is NC1CCCCCC1Cc1sccc1Br. The van der Waals surface area contributed by atoms with Crippen molar-refractivity contribution in [3.8, 4) is 0 Å². The molecule has 0 spiro atoms. The molecule has 1 aliphatic rings. The minimum absolute atomic E-state index is 0.418. The first-order valence-corrected chi connectivity index (χ1v) is 7.42. The van der Waals surface area contributed by atoms with Gasteiger partial charge in [0.15, 0.2) is 0 Å². The molecule has 1 aromatic rings. The van der Waals surface area contributed by atoms with Gasteiger partial charge in [0.2, 0.25) is 0 Å². The van der Waals surface area contributed by atoms with E-state index in [4.69, 9.17) is 5.73 Å². The number of hydrogen-bond acceptors (Lipinski definition) is 2. The fraction of sp³-hybridized carbons (Fsp3) is 0.667. The minimum atomic E-state index is 0.418. The molecular formula is C12H18BrNS. The van der Waals surface area contributed by atoms with E-state index in [1.54, 1.807) is 0 Å². The first kappa shape index (κ1) is 11.6. The Labute approximate surface area is 104 Å². The van der Waals surface area contributed by atoms with Crippen LogP contribution in [-0.4, -0.2) is 6.04 Å². The van der Waals surface area contributed by atoms with Gasteiger partial charge >= 0.3 is 0 Å². The summed E-state index contributed by atoms with van der Waals surface area (Å²) in [5.74, 6) is 0.697. The summed E-state index contributed by atoms with van der Waals surface area (Å²) in [6.07, 6.45) is 7.75. The van der Waals surface area contributed by atoms with E-state index >= 15 is 0 Å². The van der Waals surface area contributed by atoms with E-state index in [2.05, 4.69) is 27.4 Å². The van der Waals surface area contributed by atoms with Crippen LogP contribution < -0.4 is 5.73 Å². The molecule has 0 radical (unpaired) electrons. The van der Waals surface area contributed by atoms with Gasteiger partial charge in [-0.25, -0.2) is 0 Å². The highest BCUT2D eigenvalue weighted by Crippen LogP contribution is 2.30. The van der Waals surface area contributed by atoms with E-state index in [9.17, 15) is 0 Å². The molecule has 1 fully saturated rings. The zero-order valence-corrected chi connectivity index (χ0v) is 11.3. The molecule has 1 nitrogen and oxygen atoms in total. The highest BCUT2D eigenvalue weighted by molar-refractivity contribution is 9.10. The molecule has 0 saturated heterocycles. The Balaban J connectivity index is 2.00. The van der Waals surface area contributed by atoms with E-state index in [1.807, 2.05) is 11.3 Å². The number of thiophene rings is 1. The second kappa shape index (κ2) is 5.46. The van der Waals surface area contributed by atoms with Gasteiger partial charge in [0.1, 0.15) is 0 Å². The van der Waals surface area contributed by atoms with Crippen molar-refractivity contribution in [1.82, 2.24) is 0 Å². The van der Waals surface area contributed by atoms with Crippen molar-refractivity contribution in [2.75, 3.05) is 0 Å². The average Bonchev–Trinajstić information content (AvgIpc) is 2.50. The van der Waals surface area contributed by atoms with Gasteiger partial charge in [0, 0.05) is 15.4 Å². The first-order chi connectivity index (χ1) is 7.27. The molecule has 2 N–H and O–H groups in total. The molecule has 0 bridgehead atoms. The standard InChI is InChI=1S/C12H18BrNS/c13-10-6-7-15-12(10)8-9-4-2-1-3-5-11(9)14/h6-7,9,11H,1-5,8,14H2. The quantitative estimate of drug-likeness (QED) is 0.819. The summed E-state index contributed by atoms with van der Waals surface area (Å²) in [5, 5.41) is 2.15. The third-order valence-corrected chi connectivity index (χ3v) is 5.31. The van der Waals surface area contributed by atoms with Crippen LogP contribution >= 0.6 is 27.3 Å². The van der Waals surface area contributed by atoms with Gasteiger partial charge in [-0.15, -0.1) is 11.3 Å². The van der Waals surface area contributed by atoms with Gasteiger partial charge < -0.3 is 5.73 Å². The van der Waals surface area contributed by atoms with E-state index in [1.165, 1.54) is 47.9 Å². The molecule has 0 amide bonds. The monoisotopic (exact) mass is 287 g/mol. The van der Waals surface area contributed by atoms with Gasteiger partial charge in [0.25, 0.3) is 0 Å². The normalized spacial score (nSPS) is 27.6. The lowest BCUT2D eigenvalue weighted by atomic mass is 9.92. The maximum Gasteiger partial charge on any atom is 0.0314 e. The highest BCUT2D eigenvalue weighted by Gasteiger charge is 2.21. The minimum Gasteiger partial charge on any atom is -0.327 e. The second-order valence-corrected chi connectivity index (χ2v) is 6.31. The molecular weight excluding hydrogens is 270 g/mol. The maximum atomic E-state index is 6.23. The predicted molar refractivity (Wildman–Crippen MR) is 70.3 cm³/mol. The first-order valence-electron chi connectivity index (χ1n) is 5.75. The van der Waals surface area contributed by atoms with Gasteiger partial charge in [-0.3, -0.25) is 0 Å². The smallest absolute Gasteiger partial charge is 0.0314 e. The second-order valence-electron chi connectivity index (χ2n) is 4.46. The van der Waals surface area contributed by atoms with Gasteiger partial charge in [-0.2, -0.15) is 0 Å². The summed E-state index contributed by atoms with van der Waals surface area (Å²) in [6.45, 7) is 0. The molecule has 1 aliphatic carbocycles. The summed E-state index contributed by atoms with van der Waals surface area (Å²) in [6, 6.07) is 2.56. The van der Waals surface area contributed by atoms with Crippen molar-refractivity contribution >= 4 is 27.3 Å². The fourth-order valence-corrected chi connectivity index (χ4v) is 3.98. The Bertz CT molecular complexity index is 310. The van der Waals surface area contributed by atoms with Gasteiger partial charge in [-0.1, -0.05) is 19.3 Å². The molecule has 2 atom stereocenters. The zero-order valence-electron chi connectivity index (χ0n) is 8.92. The van der Waals surface area contributed by atoms with Gasteiger partial charge in [-0.05, 0) is 52.6 Å². The van der Waals surface area contributed by atoms with Crippen LogP contribution in [0.25, 0.3) is 0 Å². The Kier molecular flexibility index (Phi) is 4.23. The molecule has 2 unspecified atom stereocenters. The number of hydrogen-bond donors (Lipinski definition) is 1. The van der Waals surface area contributed by atoms with E-state index in [-0.39, 0.29) is 0 Å². The van der Waals surface area contributed by atoms with Crippen molar-refractivity contribution in [2.24, 2.45) is 11.7 Å². The number of nitrogens with two attached hydrogens (primary N) is 1. The summed E-state index contributed by atoms with van der Waals surface area (Å²) in [7, 11) is 0. The summed E-state index contributed by atoms with van der Waals surface area (Å²) < 4.78 is 1.27. The maximum absolute atomic E-state index is 6.23. The molecule has 3 heteroatoms. The Morgan fingerprint density at radius 3 is 2.87 bits per heavy atom.